The van der Waals surface area contributed by atoms with Gasteiger partial charge in [0.25, 0.3) is 11.9 Å². The van der Waals surface area contributed by atoms with Gasteiger partial charge in [-0.3, -0.25) is 81.9 Å². The fraction of sp³-hybridized carbons (Fsp3) is 0.569. The number of fused-ring (bicyclic) bond motifs is 3. The molecule has 0 aromatic heterocycles. The number of para-hydroxylation sites is 1. The molecule has 30 nitrogen and oxygen atoms in total. The first-order valence-electron chi connectivity index (χ1n) is 30.0. The maximum absolute atomic E-state index is 14.3. The second-order valence-electron chi connectivity index (χ2n) is 22.8. The minimum atomic E-state index is -3.95. The van der Waals surface area contributed by atoms with Gasteiger partial charge in [-0.05, 0) is 53.9 Å². The van der Waals surface area contributed by atoms with Crippen LogP contribution in [0.15, 0.2) is 42.5 Å². The number of halogens is 1. The number of hydrogen-bond acceptors (Lipinski definition) is 20. The third-order valence-corrected chi connectivity index (χ3v) is 17.1. The van der Waals surface area contributed by atoms with Gasteiger partial charge in [-0.15, -0.1) is 0 Å². The molecule has 0 spiro atoms. The van der Waals surface area contributed by atoms with Crippen LogP contribution in [0.5, 0.6) is 0 Å². The molecule has 0 saturated carbocycles. The summed E-state index contributed by atoms with van der Waals surface area (Å²) in [6.07, 6.45) is -3.54. The monoisotopic (exact) mass is 1280 g/mol. The Morgan fingerprint density at radius 1 is 0.667 bits per heavy atom. The molecule has 10 N–H and O–H groups in total. The van der Waals surface area contributed by atoms with Crippen LogP contribution in [0.4, 0.5) is 9.21 Å². The molecule has 32 heteroatoms. The van der Waals surface area contributed by atoms with Gasteiger partial charge in [-0.2, -0.15) is 0 Å². The summed E-state index contributed by atoms with van der Waals surface area (Å²) in [5.74, 6) is -11.0. The summed E-state index contributed by atoms with van der Waals surface area (Å²) in [6, 6.07) is 5.12. The number of carboxylic acids is 2. The number of amides is 8. The van der Waals surface area contributed by atoms with E-state index in [0.717, 1.165) is 16.7 Å². The number of aliphatic hydroxyl groups excluding tert-OH is 1. The minimum Gasteiger partial charge on any atom is -0.558 e. The van der Waals surface area contributed by atoms with Crippen molar-refractivity contribution in [2.75, 3.05) is 70.3 Å². The minimum absolute atomic E-state index is 0.140. The van der Waals surface area contributed by atoms with Crippen LogP contribution in [0.1, 0.15) is 93.9 Å². The highest BCUT2D eigenvalue weighted by molar-refractivity contribution is 6.41. The zero-order valence-corrected chi connectivity index (χ0v) is 51.2. The molecule has 5 heterocycles. The molecule has 10 atom stereocenters. The van der Waals surface area contributed by atoms with Crippen molar-refractivity contribution in [3.63, 3.8) is 0 Å². The number of anilines is 1. The fourth-order valence-corrected chi connectivity index (χ4v) is 11.7. The normalized spacial score (nSPS) is 22.3. The molecule has 3 fully saturated rings. The van der Waals surface area contributed by atoms with Crippen molar-refractivity contribution in [1.82, 2.24) is 51.9 Å². The topological polar surface area (TPSA) is 407 Å². The molecule has 2 aromatic carbocycles. The number of rotatable bonds is 27. The van der Waals surface area contributed by atoms with Gasteiger partial charge in [0.2, 0.25) is 53.5 Å². The van der Waals surface area contributed by atoms with Crippen molar-refractivity contribution in [2.45, 2.75) is 140 Å². The van der Waals surface area contributed by atoms with Gasteiger partial charge >= 0.3 is 33.2 Å². The molecule has 5 aliphatic rings. The van der Waals surface area contributed by atoms with Crippen molar-refractivity contribution in [2.24, 2.45) is 5.92 Å². The number of aliphatic carboxylic acids is 2. The van der Waals surface area contributed by atoms with E-state index in [4.69, 9.17) is 12.3 Å². The van der Waals surface area contributed by atoms with Crippen LogP contribution >= 0.6 is 0 Å². The van der Waals surface area contributed by atoms with Crippen LogP contribution in [-0.2, 0) is 100 Å². The molecule has 4 unspecified atom stereocenters. The zero-order chi connectivity index (χ0) is 65.2. The number of hydrogen-bond donors (Lipinski definition) is 10. The van der Waals surface area contributed by atoms with E-state index in [-0.39, 0.29) is 64.7 Å². The van der Waals surface area contributed by atoms with Crippen molar-refractivity contribution < 1.29 is 93.5 Å². The Bertz CT molecular complexity index is 2980. The van der Waals surface area contributed by atoms with Crippen LogP contribution in [0.2, 0.25) is 0 Å². The third-order valence-electron chi connectivity index (χ3n) is 16.2. The Balaban J connectivity index is 0.861. The van der Waals surface area contributed by atoms with Gasteiger partial charge in [0.05, 0.1) is 31.6 Å². The molecular formula is C58H77AlFN11O19. The Hall–Kier alpha value is -8.15. The summed E-state index contributed by atoms with van der Waals surface area (Å²) < 4.78 is 28.3. The number of aryl methyl sites for hydroxylation is 1. The van der Waals surface area contributed by atoms with E-state index in [2.05, 4.69) is 42.1 Å². The first kappa shape index (κ1) is 69.3. The molecule has 7 rings (SSSR count). The van der Waals surface area contributed by atoms with E-state index in [1.165, 1.54) is 4.90 Å². The van der Waals surface area contributed by atoms with Gasteiger partial charge in [-0.25, -0.2) is 0 Å². The van der Waals surface area contributed by atoms with Gasteiger partial charge in [-0.1, -0.05) is 62.7 Å². The second kappa shape index (κ2) is 33.1. The van der Waals surface area contributed by atoms with E-state index in [1.54, 1.807) is 50.2 Å². The van der Waals surface area contributed by atoms with Gasteiger partial charge in [0.1, 0.15) is 36.3 Å². The zero-order valence-electron chi connectivity index (χ0n) is 50.0. The number of cyclic esters (lactones) is 1. The van der Waals surface area contributed by atoms with E-state index in [9.17, 15) is 81.2 Å². The lowest BCUT2D eigenvalue weighted by Gasteiger charge is -2.30. The molecular weight excluding hydrogens is 1200 g/mol. The SMILES string of the molecule is CC[C@H](C)[C@H](NC(=O)CCNC(=O)CCNC(=O)[C@@H](CCC(=O)O)NC(=O)[C@@H](CCC(=O)O)NC(=O)Cc1ccc(CN2CCN3CCN(CC2)CC(=O)[O][Al]([F])[O]C(=O)C3)cc1)C(=O)N[C@H]1CCc2cccc3c2N(C1=O)[C@H](C(=O)NC1CC(=O)OC1O)C3. The smallest absolute Gasteiger partial charge is 0.558 e. The van der Waals surface area contributed by atoms with Crippen molar-refractivity contribution in [3.8, 4) is 0 Å². The first-order chi connectivity index (χ1) is 42.9. The van der Waals surface area contributed by atoms with Crippen molar-refractivity contribution in [1.29, 1.82) is 0 Å². The lowest BCUT2D eigenvalue weighted by molar-refractivity contribution is -0.155. The Morgan fingerprint density at radius 2 is 1.26 bits per heavy atom. The van der Waals surface area contributed by atoms with E-state index in [1.807, 2.05) is 15.9 Å². The maximum Gasteiger partial charge on any atom is 1.15 e. The highest BCUT2D eigenvalue weighted by Crippen LogP contribution is 2.39. The predicted octanol–water partition coefficient (Wildman–Crippen LogP) is -2.92. The first-order valence-corrected chi connectivity index (χ1v) is 31.4. The van der Waals surface area contributed by atoms with Crippen molar-refractivity contribution >= 4 is 98.1 Å². The van der Waals surface area contributed by atoms with Crippen molar-refractivity contribution in [3.05, 3.63) is 64.7 Å². The van der Waals surface area contributed by atoms with E-state index in [0.29, 0.717) is 69.9 Å². The summed E-state index contributed by atoms with van der Waals surface area (Å²) >= 11 is -3.95. The third kappa shape index (κ3) is 20.4. The number of benzene rings is 2. The van der Waals surface area contributed by atoms with Gasteiger partial charge < -0.3 is 68.4 Å². The second-order valence-corrected chi connectivity index (χ2v) is 23.9. The number of nitrogens with one attached hydrogen (secondary N) is 7. The number of carboxylic acid groups (broad SMARTS) is 2. The van der Waals surface area contributed by atoms with Crippen LogP contribution in [-0.4, -0.2) is 230 Å². The molecule has 488 valence electrons. The summed E-state index contributed by atoms with van der Waals surface area (Å²) in [7, 11) is 0. The lowest BCUT2D eigenvalue weighted by atomic mass is 9.97. The average Bonchev–Trinajstić information content (AvgIpc) is 1.62. The molecule has 90 heavy (non-hydrogen) atoms. The summed E-state index contributed by atoms with van der Waals surface area (Å²) in [5, 5.41) is 47.1. The number of nitrogens with zero attached hydrogens (tertiary/aromatic N) is 4. The number of carbonyl (C=O) groups is 13. The molecule has 0 radical (unpaired) electrons. The summed E-state index contributed by atoms with van der Waals surface area (Å²) in [4.78, 5) is 175. The molecule has 2 aromatic rings. The molecule has 3 saturated heterocycles. The lowest BCUT2D eigenvalue weighted by Crippen LogP contribution is -2.59. The molecule has 8 amide bonds. The van der Waals surface area contributed by atoms with Crippen LogP contribution in [0.3, 0.4) is 0 Å². The van der Waals surface area contributed by atoms with E-state index >= 15 is 0 Å². The predicted molar refractivity (Wildman–Crippen MR) is 312 cm³/mol. The number of esters is 1. The number of carbonyl (C=O) groups excluding carboxylic acids is 11. The highest BCUT2D eigenvalue weighted by Gasteiger charge is 2.47. The number of ether oxygens (including phenoxy) is 1. The van der Waals surface area contributed by atoms with Gasteiger partial charge in [0, 0.05) is 91.0 Å². The van der Waals surface area contributed by atoms with Crippen LogP contribution < -0.4 is 42.1 Å². The largest absolute Gasteiger partial charge is 1.15 e. The summed E-state index contributed by atoms with van der Waals surface area (Å²) in [6.45, 7) is 5.97. The van der Waals surface area contributed by atoms with E-state index < -0.39 is 167 Å². The Morgan fingerprint density at radius 3 is 1.87 bits per heavy atom. The molecule has 2 bridgehead atoms. The Labute approximate surface area is 522 Å². The fourth-order valence-electron chi connectivity index (χ4n) is 11.1. The molecule has 5 aliphatic heterocycles. The summed E-state index contributed by atoms with van der Waals surface area (Å²) in [5.41, 5.74) is 3.44. The average molecular weight is 1280 g/mol. The maximum atomic E-state index is 14.3. The standard InChI is InChI=1S/C58H79N11O19.Al.FH/c1-3-33(2)51(56(85)63-40-12-11-36-5-4-6-37-28-42(69(52(36)37)57(40)86)55(84)64-41-29-50(81)88-58(41)87)65-44(71)18-19-59-43(70)17-20-60-53(82)38(13-15-46(73)74)62-54(83)39(14-16-47(75)76)61-45(72)27-34-7-9-35(10-8-34)30-66-21-23-67(31-48(77)78)25-26-68(24-22-66)32-49(79)80;;/h4-10,33,38-42,51,58,87H,3,11-32H2,1-2H3,(H,59,70)(H,60,82)(H,61,72)(H,62,83)(H,63,85)(H,64,84)(H,65,71)(H,73,74)(H,75,76)(H,77,78)(H,79,80);;1H/q;+3;/p-3/t33-,38+,39+,40-,41?,42-,51-,58?;;/m0../s1. The van der Waals surface area contributed by atoms with Gasteiger partial charge in [0.15, 0.2) is 0 Å². The highest BCUT2D eigenvalue weighted by atomic mass is 27.3. The van der Waals surface area contributed by atoms with Crippen LogP contribution in [0.25, 0.3) is 0 Å². The Kier molecular flexibility index (Phi) is 25.5. The molecule has 0 aliphatic carbocycles. The quantitative estimate of drug-likeness (QED) is 0.0316. The number of aliphatic hydroxyl groups is 1. The van der Waals surface area contributed by atoms with Crippen LogP contribution in [0, 0.1) is 5.92 Å².